The van der Waals surface area contributed by atoms with Gasteiger partial charge in [0.25, 0.3) is 0 Å². The number of aliphatic hydroxyl groups is 1. The van der Waals surface area contributed by atoms with E-state index < -0.39 is 0 Å². The van der Waals surface area contributed by atoms with Crippen LogP contribution in [0.15, 0.2) is 24.5 Å². The van der Waals surface area contributed by atoms with E-state index in [1.165, 1.54) is 5.56 Å². The molecule has 0 aromatic carbocycles. The lowest BCUT2D eigenvalue weighted by Gasteiger charge is -2.28. The van der Waals surface area contributed by atoms with Crippen LogP contribution >= 0.6 is 0 Å². The fourth-order valence-corrected chi connectivity index (χ4v) is 1.56. The zero-order valence-electron chi connectivity index (χ0n) is 9.72. The summed E-state index contributed by atoms with van der Waals surface area (Å²) in [5, 5.41) is 9.72. The molecule has 0 bridgehead atoms. The van der Waals surface area contributed by atoms with E-state index in [-0.39, 0.29) is 12.1 Å². The summed E-state index contributed by atoms with van der Waals surface area (Å²) in [5.74, 6) is 0. The van der Waals surface area contributed by atoms with Crippen molar-refractivity contribution in [1.82, 2.24) is 9.88 Å². The molecule has 0 fully saturated rings. The van der Waals surface area contributed by atoms with Gasteiger partial charge in [-0.25, -0.2) is 0 Å². The number of rotatable bonds is 5. The molecule has 0 aliphatic carbocycles. The number of aliphatic hydroxyl groups excluding tert-OH is 1. The lowest BCUT2D eigenvalue weighted by molar-refractivity contribution is 0.0665. The van der Waals surface area contributed by atoms with Gasteiger partial charge in [-0.1, -0.05) is 13.0 Å². The van der Waals surface area contributed by atoms with Crippen LogP contribution in [-0.2, 0) is 6.54 Å². The Balaban J connectivity index is 2.52. The summed E-state index contributed by atoms with van der Waals surface area (Å²) < 4.78 is 0. The average Bonchev–Trinajstić information content (AvgIpc) is 2.28. The van der Waals surface area contributed by atoms with Gasteiger partial charge in [0.15, 0.2) is 0 Å². The molecule has 3 heteroatoms. The molecule has 0 saturated heterocycles. The highest BCUT2D eigenvalue weighted by atomic mass is 16.3. The molecule has 0 aliphatic heterocycles. The number of hydrogen-bond acceptors (Lipinski definition) is 3. The number of hydrogen-bond donors (Lipinski definition) is 1. The Kier molecular flexibility index (Phi) is 4.72. The van der Waals surface area contributed by atoms with Crippen LogP contribution in [0.1, 0.15) is 25.8 Å². The highest BCUT2D eigenvalue weighted by Gasteiger charge is 2.16. The monoisotopic (exact) mass is 208 g/mol. The smallest absolute Gasteiger partial charge is 0.0690 e. The Hall–Kier alpha value is -0.930. The zero-order chi connectivity index (χ0) is 11.3. The number of aromatic nitrogens is 1. The molecule has 2 unspecified atom stereocenters. The highest BCUT2D eigenvalue weighted by Crippen LogP contribution is 2.09. The summed E-state index contributed by atoms with van der Waals surface area (Å²) in [6, 6.07) is 4.16. The van der Waals surface area contributed by atoms with E-state index in [2.05, 4.69) is 16.0 Å². The maximum Gasteiger partial charge on any atom is 0.0690 e. The van der Waals surface area contributed by atoms with Gasteiger partial charge in [0, 0.05) is 25.0 Å². The quantitative estimate of drug-likeness (QED) is 0.799. The van der Waals surface area contributed by atoms with Crippen LogP contribution in [0, 0.1) is 0 Å². The molecule has 15 heavy (non-hydrogen) atoms. The fourth-order valence-electron chi connectivity index (χ4n) is 1.56. The van der Waals surface area contributed by atoms with E-state index in [0.29, 0.717) is 0 Å². The first-order valence-corrected chi connectivity index (χ1v) is 5.42. The van der Waals surface area contributed by atoms with Crippen LogP contribution in [0.3, 0.4) is 0 Å². The third kappa shape index (κ3) is 3.61. The first-order valence-electron chi connectivity index (χ1n) is 5.42. The van der Waals surface area contributed by atoms with Gasteiger partial charge in [0.05, 0.1) is 6.10 Å². The maximum atomic E-state index is 9.72. The second kappa shape index (κ2) is 5.83. The Bertz CT molecular complexity index is 276. The van der Waals surface area contributed by atoms with Crippen molar-refractivity contribution in [3.05, 3.63) is 30.1 Å². The number of nitrogens with zero attached hydrogens (tertiary/aromatic N) is 2. The molecule has 1 aromatic rings. The summed E-state index contributed by atoms with van der Waals surface area (Å²) >= 11 is 0. The number of likely N-dealkylation sites (N-methyl/N-ethyl adjacent to an activating group) is 1. The lowest BCUT2D eigenvalue weighted by Crippen LogP contribution is -2.38. The molecule has 1 heterocycles. The van der Waals surface area contributed by atoms with Crippen molar-refractivity contribution >= 4 is 0 Å². The third-order valence-corrected chi connectivity index (χ3v) is 2.83. The first kappa shape index (κ1) is 12.1. The van der Waals surface area contributed by atoms with Crippen molar-refractivity contribution < 1.29 is 5.11 Å². The van der Waals surface area contributed by atoms with E-state index in [9.17, 15) is 5.11 Å². The summed E-state index contributed by atoms with van der Waals surface area (Å²) in [7, 11) is 2.02. The van der Waals surface area contributed by atoms with E-state index in [0.717, 1.165) is 13.0 Å². The molecule has 0 radical (unpaired) electrons. The SMILES string of the molecule is CCC(O)C(C)N(C)Cc1cccnc1. The second-order valence-electron chi connectivity index (χ2n) is 3.99. The van der Waals surface area contributed by atoms with E-state index in [1.807, 2.05) is 33.2 Å². The van der Waals surface area contributed by atoms with Gasteiger partial charge in [-0.2, -0.15) is 0 Å². The predicted octanol–water partition coefficient (Wildman–Crippen LogP) is 1.67. The van der Waals surface area contributed by atoms with Crippen molar-refractivity contribution in [3.63, 3.8) is 0 Å². The molecule has 84 valence electrons. The van der Waals surface area contributed by atoms with E-state index in [4.69, 9.17) is 0 Å². The van der Waals surface area contributed by atoms with Crippen molar-refractivity contribution in [2.45, 2.75) is 39.0 Å². The van der Waals surface area contributed by atoms with Crippen LogP contribution in [0.4, 0.5) is 0 Å². The Morgan fingerprint density at radius 3 is 2.80 bits per heavy atom. The normalized spacial score (nSPS) is 15.3. The minimum Gasteiger partial charge on any atom is -0.392 e. The minimum absolute atomic E-state index is 0.176. The molecule has 1 aromatic heterocycles. The molecule has 1 rings (SSSR count). The molecule has 0 saturated carbocycles. The maximum absolute atomic E-state index is 9.72. The van der Waals surface area contributed by atoms with Gasteiger partial charge in [0.1, 0.15) is 0 Å². The summed E-state index contributed by atoms with van der Waals surface area (Å²) in [6.45, 7) is 4.87. The Morgan fingerprint density at radius 1 is 1.53 bits per heavy atom. The van der Waals surface area contributed by atoms with Crippen LogP contribution in [0.5, 0.6) is 0 Å². The van der Waals surface area contributed by atoms with Crippen LogP contribution in [0.2, 0.25) is 0 Å². The Morgan fingerprint density at radius 2 is 2.27 bits per heavy atom. The standard InChI is InChI=1S/C12H20N2O/c1-4-12(15)10(2)14(3)9-11-6-5-7-13-8-11/h5-8,10,12,15H,4,9H2,1-3H3. The summed E-state index contributed by atoms with van der Waals surface area (Å²) in [4.78, 5) is 6.22. The van der Waals surface area contributed by atoms with Gasteiger partial charge < -0.3 is 5.11 Å². The minimum atomic E-state index is -0.258. The molecule has 0 aliphatic rings. The largest absolute Gasteiger partial charge is 0.392 e. The van der Waals surface area contributed by atoms with Crippen LogP contribution in [-0.4, -0.2) is 34.2 Å². The highest BCUT2D eigenvalue weighted by molar-refractivity contribution is 5.08. The van der Waals surface area contributed by atoms with Crippen LogP contribution in [0.25, 0.3) is 0 Å². The molecular weight excluding hydrogens is 188 g/mol. The average molecular weight is 208 g/mol. The van der Waals surface area contributed by atoms with Gasteiger partial charge in [-0.15, -0.1) is 0 Å². The van der Waals surface area contributed by atoms with Gasteiger partial charge >= 0.3 is 0 Å². The van der Waals surface area contributed by atoms with Gasteiger partial charge in [0.2, 0.25) is 0 Å². The summed E-state index contributed by atoms with van der Waals surface area (Å²) in [6.07, 6.45) is 4.17. The first-order chi connectivity index (χ1) is 7.15. The molecule has 0 amide bonds. The van der Waals surface area contributed by atoms with Crippen LogP contribution < -0.4 is 0 Å². The van der Waals surface area contributed by atoms with Crippen molar-refractivity contribution in [3.8, 4) is 0 Å². The zero-order valence-corrected chi connectivity index (χ0v) is 9.72. The van der Waals surface area contributed by atoms with Crippen molar-refractivity contribution in [1.29, 1.82) is 0 Å². The van der Waals surface area contributed by atoms with Gasteiger partial charge in [-0.3, -0.25) is 9.88 Å². The topological polar surface area (TPSA) is 36.4 Å². The van der Waals surface area contributed by atoms with Gasteiger partial charge in [-0.05, 0) is 32.0 Å². The summed E-state index contributed by atoms with van der Waals surface area (Å²) in [5.41, 5.74) is 1.18. The van der Waals surface area contributed by atoms with E-state index in [1.54, 1.807) is 6.20 Å². The fraction of sp³-hybridized carbons (Fsp3) is 0.583. The van der Waals surface area contributed by atoms with Crippen molar-refractivity contribution in [2.75, 3.05) is 7.05 Å². The molecule has 0 spiro atoms. The number of pyridine rings is 1. The predicted molar refractivity (Wildman–Crippen MR) is 61.5 cm³/mol. The molecule has 3 nitrogen and oxygen atoms in total. The lowest BCUT2D eigenvalue weighted by atomic mass is 10.1. The van der Waals surface area contributed by atoms with E-state index >= 15 is 0 Å². The molecule has 2 atom stereocenters. The Labute approximate surface area is 91.8 Å². The molecule has 1 N–H and O–H groups in total. The van der Waals surface area contributed by atoms with Crippen molar-refractivity contribution in [2.24, 2.45) is 0 Å². The second-order valence-corrected chi connectivity index (χ2v) is 3.99. The molecular formula is C12H20N2O. The third-order valence-electron chi connectivity index (χ3n) is 2.83.